The number of rotatable bonds is 5. The van der Waals surface area contributed by atoms with Crippen LogP contribution in [0.4, 0.5) is 0 Å². The zero-order valence-electron chi connectivity index (χ0n) is 12.9. The molecule has 0 aromatic carbocycles. The normalized spacial score (nSPS) is 15.2. The van der Waals surface area contributed by atoms with Crippen molar-refractivity contribution in [3.05, 3.63) is 17.0 Å². The summed E-state index contributed by atoms with van der Waals surface area (Å²) in [4.78, 5) is 4.23. The Labute approximate surface area is 115 Å². The summed E-state index contributed by atoms with van der Waals surface area (Å²) in [5.41, 5.74) is 2.16. The van der Waals surface area contributed by atoms with Crippen molar-refractivity contribution in [2.24, 2.45) is 4.99 Å². The fourth-order valence-electron chi connectivity index (χ4n) is 2.08. The maximum Gasteiger partial charge on any atom is 0.191 e. The zero-order valence-corrected chi connectivity index (χ0v) is 12.9. The van der Waals surface area contributed by atoms with E-state index in [1.54, 1.807) is 7.05 Å². The molecule has 19 heavy (non-hydrogen) atoms. The summed E-state index contributed by atoms with van der Waals surface area (Å²) in [6.07, 6.45) is 1.07. The van der Waals surface area contributed by atoms with Gasteiger partial charge < -0.3 is 15.2 Å². The van der Waals surface area contributed by atoms with Crippen molar-refractivity contribution < 1.29 is 4.52 Å². The van der Waals surface area contributed by atoms with Crippen molar-refractivity contribution in [1.82, 2.24) is 15.8 Å². The molecule has 0 aliphatic heterocycles. The smallest absolute Gasteiger partial charge is 0.191 e. The summed E-state index contributed by atoms with van der Waals surface area (Å²) in [6, 6.07) is 0.417. The average molecular weight is 266 g/mol. The van der Waals surface area contributed by atoms with Gasteiger partial charge >= 0.3 is 0 Å². The van der Waals surface area contributed by atoms with E-state index in [-0.39, 0.29) is 0 Å². The molecule has 2 unspecified atom stereocenters. The van der Waals surface area contributed by atoms with Crippen molar-refractivity contribution in [3.8, 4) is 0 Å². The molecule has 2 N–H and O–H groups in total. The van der Waals surface area contributed by atoms with E-state index >= 15 is 0 Å². The Morgan fingerprint density at radius 1 is 1.37 bits per heavy atom. The van der Waals surface area contributed by atoms with Crippen LogP contribution in [-0.2, 0) is 0 Å². The van der Waals surface area contributed by atoms with Crippen LogP contribution in [0.1, 0.15) is 50.1 Å². The second kappa shape index (κ2) is 7.16. The fourth-order valence-corrected chi connectivity index (χ4v) is 2.08. The van der Waals surface area contributed by atoms with E-state index in [1.807, 2.05) is 13.8 Å². The van der Waals surface area contributed by atoms with E-state index in [2.05, 4.69) is 41.6 Å². The summed E-state index contributed by atoms with van der Waals surface area (Å²) in [6.45, 7) is 11.2. The van der Waals surface area contributed by atoms with Gasteiger partial charge in [-0.2, -0.15) is 0 Å². The number of hydrogen-bond donors (Lipinski definition) is 2. The molecule has 1 heterocycles. The Hall–Kier alpha value is -1.52. The van der Waals surface area contributed by atoms with Crippen molar-refractivity contribution in [1.29, 1.82) is 0 Å². The summed E-state index contributed by atoms with van der Waals surface area (Å²) in [5.74, 6) is 2.08. The van der Waals surface area contributed by atoms with E-state index in [0.717, 1.165) is 30.4 Å². The number of nitrogens with zero attached hydrogens (tertiary/aromatic N) is 2. The molecule has 0 amide bonds. The molecule has 0 aliphatic rings. The lowest BCUT2D eigenvalue weighted by molar-refractivity contribution is 0.391. The Bertz CT molecular complexity index is 406. The second-order valence-corrected chi connectivity index (χ2v) is 5.05. The van der Waals surface area contributed by atoms with E-state index < -0.39 is 0 Å². The molecule has 5 heteroatoms. The van der Waals surface area contributed by atoms with Crippen LogP contribution in [0.25, 0.3) is 0 Å². The summed E-state index contributed by atoms with van der Waals surface area (Å²) in [7, 11) is 1.79. The van der Waals surface area contributed by atoms with Gasteiger partial charge in [0.05, 0.1) is 5.69 Å². The molecule has 0 radical (unpaired) electrons. The van der Waals surface area contributed by atoms with Crippen LogP contribution in [0.5, 0.6) is 0 Å². The van der Waals surface area contributed by atoms with Crippen molar-refractivity contribution in [2.45, 2.75) is 53.0 Å². The van der Waals surface area contributed by atoms with Crippen LogP contribution in [0.3, 0.4) is 0 Å². The van der Waals surface area contributed by atoms with E-state index in [0.29, 0.717) is 12.0 Å². The largest absolute Gasteiger partial charge is 0.361 e. The molecule has 0 fully saturated rings. The summed E-state index contributed by atoms with van der Waals surface area (Å²) < 4.78 is 5.21. The number of nitrogens with one attached hydrogen (secondary N) is 2. The first-order chi connectivity index (χ1) is 8.99. The molecular weight excluding hydrogens is 240 g/mol. The van der Waals surface area contributed by atoms with Gasteiger partial charge in [-0.15, -0.1) is 0 Å². The SMILES string of the molecule is CCC(C)NC(=NC)NCC(C)c1c(C)noc1C. The monoisotopic (exact) mass is 266 g/mol. The fraction of sp³-hybridized carbons (Fsp3) is 0.714. The van der Waals surface area contributed by atoms with Crippen LogP contribution in [0.2, 0.25) is 0 Å². The van der Waals surface area contributed by atoms with Crippen LogP contribution in [0, 0.1) is 13.8 Å². The first-order valence-corrected chi connectivity index (χ1v) is 6.89. The minimum atomic E-state index is 0.335. The molecule has 2 atom stereocenters. The number of aryl methyl sites for hydroxylation is 2. The van der Waals surface area contributed by atoms with Crippen LogP contribution < -0.4 is 10.6 Å². The number of aliphatic imine (C=N–C) groups is 1. The van der Waals surface area contributed by atoms with Gasteiger partial charge in [-0.1, -0.05) is 19.0 Å². The van der Waals surface area contributed by atoms with E-state index in [4.69, 9.17) is 4.52 Å². The average Bonchev–Trinajstić information content (AvgIpc) is 2.73. The number of guanidine groups is 1. The molecule has 1 aromatic heterocycles. The Balaban J connectivity index is 2.56. The predicted molar refractivity (Wildman–Crippen MR) is 78.6 cm³/mol. The standard InChI is InChI=1S/C14H26N4O/c1-7-10(3)17-14(15-6)16-8-9(2)13-11(4)18-19-12(13)5/h9-10H,7-8H2,1-6H3,(H2,15,16,17). The summed E-state index contributed by atoms with van der Waals surface area (Å²) >= 11 is 0. The van der Waals surface area contributed by atoms with Crippen LogP contribution in [0.15, 0.2) is 9.52 Å². The molecule has 1 aromatic rings. The van der Waals surface area contributed by atoms with E-state index in [9.17, 15) is 0 Å². The van der Waals surface area contributed by atoms with Gasteiger partial charge in [-0.25, -0.2) is 0 Å². The van der Waals surface area contributed by atoms with Crippen molar-refractivity contribution >= 4 is 5.96 Å². The van der Waals surface area contributed by atoms with Crippen LogP contribution >= 0.6 is 0 Å². The van der Waals surface area contributed by atoms with Gasteiger partial charge in [-0.3, -0.25) is 4.99 Å². The van der Waals surface area contributed by atoms with Gasteiger partial charge in [-0.05, 0) is 27.2 Å². The Morgan fingerprint density at radius 3 is 2.53 bits per heavy atom. The van der Waals surface area contributed by atoms with Gasteiger partial charge in [0.2, 0.25) is 0 Å². The molecular formula is C14H26N4O. The first kappa shape index (κ1) is 15.5. The third-order valence-corrected chi connectivity index (χ3v) is 3.38. The molecule has 108 valence electrons. The number of hydrogen-bond acceptors (Lipinski definition) is 3. The molecule has 0 bridgehead atoms. The minimum Gasteiger partial charge on any atom is -0.361 e. The van der Waals surface area contributed by atoms with Gasteiger partial charge in [0.15, 0.2) is 5.96 Å². The molecule has 0 aliphatic carbocycles. The van der Waals surface area contributed by atoms with Gasteiger partial charge in [0.25, 0.3) is 0 Å². The highest BCUT2D eigenvalue weighted by atomic mass is 16.5. The lowest BCUT2D eigenvalue weighted by Crippen LogP contribution is -2.43. The zero-order chi connectivity index (χ0) is 14.4. The van der Waals surface area contributed by atoms with Crippen molar-refractivity contribution in [2.75, 3.05) is 13.6 Å². The quantitative estimate of drug-likeness (QED) is 0.634. The van der Waals surface area contributed by atoms with Gasteiger partial charge in [0, 0.05) is 31.1 Å². The van der Waals surface area contributed by atoms with E-state index in [1.165, 1.54) is 5.56 Å². The Kier molecular flexibility index (Phi) is 5.86. The highest BCUT2D eigenvalue weighted by Gasteiger charge is 2.16. The third-order valence-electron chi connectivity index (χ3n) is 3.38. The van der Waals surface area contributed by atoms with Crippen LogP contribution in [-0.4, -0.2) is 30.8 Å². The topological polar surface area (TPSA) is 62.5 Å². The molecule has 0 spiro atoms. The highest BCUT2D eigenvalue weighted by Crippen LogP contribution is 2.22. The highest BCUT2D eigenvalue weighted by molar-refractivity contribution is 5.79. The lowest BCUT2D eigenvalue weighted by Gasteiger charge is -2.19. The maximum absolute atomic E-state index is 5.21. The second-order valence-electron chi connectivity index (χ2n) is 5.05. The lowest BCUT2D eigenvalue weighted by atomic mass is 10.00. The molecule has 0 saturated heterocycles. The van der Waals surface area contributed by atoms with Crippen molar-refractivity contribution in [3.63, 3.8) is 0 Å². The third kappa shape index (κ3) is 4.26. The Morgan fingerprint density at radius 2 is 2.05 bits per heavy atom. The molecule has 5 nitrogen and oxygen atoms in total. The summed E-state index contributed by atoms with van der Waals surface area (Å²) in [5, 5.41) is 10.7. The maximum atomic E-state index is 5.21. The molecule has 0 saturated carbocycles. The predicted octanol–water partition coefficient (Wildman–Crippen LogP) is 2.36. The number of aromatic nitrogens is 1. The molecule has 1 rings (SSSR count). The van der Waals surface area contributed by atoms with Gasteiger partial charge in [0.1, 0.15) is 5.76 Å². The first-order valence-electron chi connectivity index (χ1n) is 6.89. The minimum absolute atomic E-state index is 0.335.